The molecule has 0 aliphatic carbocycles. The third-order valence-electron chi connectivity index (χ3n) is 3.36. The van der Waals surface area contributed by atoms with Crippen molar-refractivity contribution in [3.05, 3.63) is 24.3 Å². The van der Waals surface area contributed by atoms with Crippen LogP contribution in [-0.4, -0.2) is 43.7 Å². The Hall–Kier alpha value is -1.60. The summed E-state index contributed by atoms with van der Waals surface area (Å²) < 4.78 is 1.70. The van der Waals surface area contributed by atoms with Gasteiger partial charge in [0.05, 0.1) is 5.69 Å². The highest BCUT2D eigenvalue weighted by atomic mass is 32.2. The first kappa shape index (κ1) is 13.4. The molecule has 3 rings (SSSR count). The molecule has 1 saturated heterocycles. The molecule has 2 heterocycles. The van der Waals surface area contributed by atoms with Crippen molar-refractivity contribution in [1.82, 2.24) is 25.5 Å². The van der Waals surface area contributed by atoms with Gasteiger partial charge in [0.25, 0.3) is 0 Å². The standard InChI is InChI=1S/C13H17N5OS/c19-12-6-4-11(5-7-12)18-13(15-16-17-18)20-9-10-3-1-2-8-14-10/h4-7,10,14,19H,1-3,8-9H2. The summed E-state index contributed by atoms with van der Waals surface area (Å²) in [4.78, 5) is 0. The first-order chi connectivity index (χ1) is 9.83. The van der Waals surface area contributed by atoms with E-state index >= 15 is 0 Å². The van der Waals surface area contributed by atoms with Crippen molar-refractivity contribution in [2.45, 2.75) is 30.5 Å². The summed E-state index contributed by atoms with van der Waals surface area (Å²) in [6.07, 6.45) is 3.78. The van der Waals surface area contributed by atoms with Gasteiger partial charge in [0.15, 0.2) is 0 Å². The van der Waals surface area contributed by atoms with Crippen LogP contribution in [0.3, 0.4) is 0 Å². The van der Waals surface area contributed by atoms with Crippen molar-refractivity contribution in [1.29, 1.82) is 0 Å². The molecule has 0 bridgehead atoms. The number of nitrogens with one attached hydrogen (secondary N) is 1. The molecule has 1 aromatic heterocycles. The van der Waals surface area contributed by atoms with Crippen LogP contribution in [-0.2, 0) is 0 Å². The monoisotopic (exact) mass is 291 g/mol. The largest absolute Gasteiger partial charge is 0.508 e. The van der Waals surface area contributed by atoms with Crippen LogP contribution in [0.2, 0.25) is 0 Å². The van der Waals surface area contributed by atoms with E-state index in [1.54, 1.807) is 40.7 Å². The molecule has 0 spiro atoms. The van der Waals surface area contributed by atoms with E-state index in [1.165, 1.54) is 19.3 Å². The molecule has 1 aliphatic heterocycles. The Kier molecular flexibility index (Phi) is 4.17. The van der Waals surface area contributed by atoms with Crippen LogP contribution in [0.5, 0.6) is 5.75 Å². The van der Waals surface area contributed by atoms with Crippen molar-refractivity contribution in [2.24, 2.45) is 0 Å². The predicted octanol–water partition coefficient (Wildman–Crippen LogP) is 1.60. The van der Waals surface area contributed by atoms with Gasteiger partial charge in [-0.1, -0.05) is 18.2 Å². The fourth-order valence-corrected chi connectivity index (χ4v) is 3.26. The van der Waals surface area contributed by atoms with Crippen LogP contribution < -0.4 is 5.32 Å². The maximum Gasteiger partial charge on any atom is 0.214 e. The maximum atomic E-state index is 9.32. The highest BCUT2D eigenvalue weighted by Gasteiger charge is 2.15. The van der Waals surface area contributed by atoms with Gasteiger partial charge in [-0.2, -0.15) is 4.68 Å². The van der Waals surface area contributed by atoms with Gasteiger partial charge in [-0.25, -0.2) is 0 Å². The van der Waals surface area contributed by atoms with Crippen molar-refractivity contribution in [3.8, 4) is 11.4 Å². The van der Waals surface area contributed by atoms with Gasteiger partial charge in [0, 0.05) is 11.8 Å². The summed E-state index contributed by atoms with van der Waals surface area (Å²) in [7, 11) is 0. The second-order valence-corrected chi connectivity index (χ2v) is 5.83. The molecule has 1 atom stereocenters. The number of nitrogens with zero attached hydrogens (tertiary/aromatic N) is 4. The van der Waals surface area contributed by atoms with Crippen LogP contribution in [0.25, 0.3) is 5.69 Å². The molecular weight excluding hydrogens is 274 g/mol. The lowest BCUT2D eigenvalue weighted by Crippen LogP contribution is -2.35. The third-order valence-corrected chi connectivity index (χ3v) is 4.44. The average molecular weight is 291 g/mol. The van der Waals surface area contributed by atoms with Crippen LogP contribution in [0.4, 0.5) is 0 Å². The number of hydrogen-bond acceptors (Lipinski definition) is 6. The number of phenols is 1. The number of aromatic nitrogens is 4. The first-order valence-corrected chi connectivity index (χ1v) is 7.75. The number of benzene rings is 1. The molecule has 7 heteroatoms. The van der Waals surface area contributed by atoms with E-state index < -0.39 is 0 Å². The van der Waals surface area contributed by atoms with E-state index in [1.807, 2.05) is 0 Å². The van der Waals surface area contributed by atoms with Crippen LogP contribution in [0.1, 0.15) is 19.3 Å². The molecule has 6 nitrogen and oxygen atoms in total. The number of phenolic OH excluding ortho intramolecular Hbond substituents is 1. The van der Waals surface area contributed by atoms with Gasteiger partial charge >= 0.3 is 0 Å². The third kappa shape index (κ3) is 3.10. The molecule has 0 radical (unpaired) electrons. The molecule has 106 valence electrons. The topological polar surface area (TPSA) is 75.9 Å². The van der Waals surface area contributed by atoms with Crippen LogP contribution >= 0.6 is 11.8 Å². The molecule has 1 fully saturated rings. The summed E-state index contributed by atoms with van der Waals surface area (Å²) in [6.45, 7) is 1.11. The molecule has 20 heavy (non-hydrogen) atoms. The minimum atomic E-state index is 0.238. The lowest BCUT2D eigenvalue weighted by Gasteiger charge is -2.22. The smallest absolute Gasteiger partial charge is 0.214 e. The molecule has 2 aromatic rings. The van der Waals surface area contributed by atoms with Gasteiger partial charge < -0.3 is 10.4 Å². The maximum absolute atomic E-state index is 9.32. The molecule has 2 N–H and O–H groups in total. The SMILES string of the molecule is Oc1ccc(-n2nnnc2SCC2CCCCN2)cc1. The van der Waals surface area contributed by atoms with Crippen LogP contribution in [0, 0.1) is 0 Å². The fourth-order valence-electron chi connectivity index (χ4n) is 2.27. The Labute approximate surface area is 121 Å². The summed E-state index contributed by atoms with van der Waals surface area (Å²) in [5.41, 5.74) is 0.854. The number of rotatable bonds is 4. The van der Waals surface area contributed by atoms with E-state index in [2.05, 4.69) is 20.8 Å². The molecule has 0 amide bonds. The Bertz CT molecular complexity index is 550. The minimum absolute atomic E-state index is 0.238. The Morgan fingerprint density at radius 1 is 1.30 bits per heavy atom. The highest BCUT2D eigenvalue weighted by molar-refractivity contribution is 7.99. The number of hydrogen-bond donors (Lipinski definition) is 2. The number of tetrazole rings is 1. The first-order valence-electron chi connectivity index (χ1n) is 6.77. The average Bonchev–Trinajstić information content (AvgIpc) is 2.95. The zero-order valence-electron chi connectivity index (χ0n) is 11.1. The van der Waals surface area contributed by atoms with E-state index in [9.17, 15) is 5.11 Å². The van der Waals surface area contributed by atoms with E-state index in [4.69, 9.17) is 0 Å². The van der Waals surface area contributed by atoms with E-state index in [0.29, 0.717) is 6.04 Å². The van der Waals surface area contributed by atoms with Gasteiger partial charge in [0.1, 0.15) is 5.75 Å². The van der Waals surface area contributed by atoms with Crippen molar-refractivity contribution in [2.75, 3.05) is 12.3 Å². The molecular formula is C13H17N5OS. The lowest BCUT2D eigenvalue weighted by atomic mass is 10.1. The number of thioether (sulfide) groups is 1. The van der Waals surface area contributed by atoms with Gasteiger partial charge in [-0.05, 0) is 54.1 Å². The Balaban J connectivity index is 1.68. The number of piperidine rings is 1. The summed E-state index contributed by atoms with van der Waals surface area (Å²) in [5.74, 6) is 1.21. The van der Waals surface area contributed by atoms with Gasteiger partial charge in [0.2, 0.25) is 5.16 Å². The zero-order chi connectivity index (χ0) is 13.8. The quantitative estimate of drug-likeness (QED) is 0.833. The molecule has 0 saturated carbocycles. The summed E-state index contributed by atoms with van der Waals surface area (Å²) in [6, 6.07) is 7.41. The molecule has 1 aromatic carbocycles. The van der Waals surface area contributed by atoms with Gasteiger partial charge in [-0.15, -0.1) is 5.10 Å². The van der Waals surface area contributed by atoms with E-state index in [0.717, 1.165) is 23.1 Å². The normalized spacial score (nSPS) is 19.1. The Morgan fingerprint density at radius 3 is 2.90 bits per heavy atom. The summed E-state index contributed by atoms with van der Waals surface area (Å²) in [5, 5.41) is 25.5. The Morgan fingerprint density at radius 2 is 2.15 bits per heavy atom. The zero-order valence-corrected chi connectivity index (χ0v) is 11.9. The fraction of sp³-hybridized carbons (Fsp3) is 0.462. The van der Waals surface area contributed by atoms with Crippen LogP contribution in [0.15, 0.2) is 29.4 Å². The molecule has 1 unspecified atom stereocenters. The second-order valence-electron chi connectivity index (χ2n) is 4.85. The van der Waals surface area contributed by atoms with E-state index in [-0.39, 0.29) is 5.75 Å². The van der Waals surface area contributed by atoms with Gasteiger partial charge in [-0.3, -0.25) is 0 Å². The number of aromatic hydroxyl groups is 1. The predicted molar refractivity (Wildman–Crippen MR) is 77.2 cm³/mol. The lowest BCUT2D eigenvalue weighted by molar-refractivity contribution is 0.429. The van der Waals surface area contributed by atoms with Crippen molar-refractivity contribution in [3.63, 3.8) is 0 Å². The molecule has 1 aliphatic rings. The summed E-state index contributed by atoms with van der Waals surface area (Å²) >= 11 is 1.66. The van der Waals surface area contributed by atoms with Crippen molar-refractivity contribution >= 4 is 11.8 Å². The highest BCUT2D eigenvalue weighted by Crippen LogP contribution is 2.22. The second kappa shape index (κ2) is 6.23. The minimum Gasteiger partial charge on any atom is -0.508 e. The van der Waals surface area contributed by atoms with Crippen molar-refractivity contribution < 1.29 is 5.11 Å².